The van der Waals surface area contributed by atoms with Gasteiger partial charge in [0.2, 0.25) is 0 Å². The third kappa shape index (κ3) is 32.9. The summed E-state index contributed by atoms with van der Waals surface area (Å²) in [6.45, 7) is 6.29. The molecule has 0 aliphatic carbocycles. The van der Waals surface area contributed by atoms with E-state index in [1.807, 2.05) is 65.7 Å². The second kappa shape index (κ2) is 26.1. The Morgan fingerprint density at radius 3 is 1.75 bits per heavy atom. The first-order valence-corrected chi connectivity index (χ1v) is 20.6. The fourth-order valence-electron chi connectivity index (χ4n) is 1.61. The average molecular weight is 705 g/mol. The van der Waals surface area contributed by atoms with Gasteiger partial charge in [-0.05, 0) is 18.4 Å². The lowest BCUT2D eigenvalue weighted by molar-refractivity contribution is 1.06. The Kier molecular flexibility index (Phi) is 31.9. The molecule has 0 aromatic rings. The SMILES string of the molecule is CC(S)CSCC(S)SC(S)CSCCS.CCSCC(S)SCC(S)SCC(C)(S)S. The molecule has 0 spiro atoms. The normalized spacial score (nSPS) is 16.6. The van der Waals surface area contributed by atoms with Gasteiger partial charge < -0.3 is 0 Å². The minimum Gasteiger partial charge on any atom is -0.179 e. The van der Waals surface area contributed by atoms with Gasteiger partial charge in [0, 0.05) is 45.5 Å². The van der Waals surface area contributed by atoms with Crippen LogP contribution in [0.1, 0.15) is 20.8 Å². The molecule has 0 saturated heterocycles. The number of thioether (sulfide) groups is 6. The summed E-state index contributed by atoms with van der Waals surface area (Å²) < 4.78 is 1.29. The van der Waals surface area contributed by atoms with Crippen LogP contribution in [-0.4, -0.2) is 79.4 Å². The zero-order valence-corrected chi connectivity index (χ0v) is 30.8. The van der Waals surface area contributed by atoms with Crippen molar-refractivity contribution in [1.82, 2.24) is 0 Å². The summed E-state index contributed by atoms with van der Waals surface area (Å²) in [5.41, 5.74) is 0. The standard InChI is InChI=1S/2C9H20S7/c1-7(11)4-15-6-9(13)16-8(12)5-14-3-2-10;1-3-14-4-7(10)15-5-8(11)16-6-9(2,12)13/h7-13H,2-6H2,1H3;7-8,10-13H,3-6H2,1-2H3. The number of hydrogen-bond acceptors (Lipinski definition) is 14. The second-order valence-electron chi connectivity index (χ2n) is 6.66. The minimum absolute atomic E-state index is 0.214. The maximum absolute atomic E-state index is 4.56. The van der Waals surface area contributed by atoms with Gasteiger partial charge in [0.25, 0.3) is 0 Å². The predicted octanol–water partition coefficient (Wildman–Crippen LogP) is 8.24. The van der Waals surface area contributed by atoms with Crippen LogP contribution in [-0.2, 0) is 0 Å². The molecule has 32 heavy (non-hydrogen) atoms. The molecule has 0 radical (unpaired) electrons. The molecule has 0 amide bonds. The average Bonchev–Trinajstić information content (AvgIpc) is 2.69. The molecule has 0 rings (SSSR count). The topological polar surface area (TPSA) is 0 Å². The third-order valence-corrected chi connectivity index (χ3v) is 15.4. The lowest BCUT2D eigenvalue weighted by atomic mass is 10.5. The van der Waals surface area contributed by atoms with Crippen LogP contribution in [0.4, 0.5) is 0 Å². The van der Waals surface area contributed by atoms with Crippen molar-refractivity contribution < 1.29 is 0 Å². The predicted molar refractivity (Wildman–Crippen MR) is 200 cm³/mol. The Bertz CT molecular complexity index is 392. The van der Waals surface area contributed by atoms with Crippen LogP contribution in [0.15, 0.2) is 0 Å². The number of thiol groups is 8. The van der Waals surface area contributed by atoms with Gasteiger partial charge in [-0.15, -0.1) is 35.3 Å². The van der Waals surface area contributed by atoms with E-state index in [4.69, 9.17) is 0 Å². The van der Waals surface area contributed by atoms with Gasteiger partial charge in [0.05, 0.1) is 22.4 Å². The Morgan fingerprint density at radius 1 is 0.719 bits per heavy atom. The van der Waals surface area contributed by atoms with Crippen molar-refractivity contribution in [1.29, 1.82) is 0 Å². The zero-order chi connectivity index (χ0) is 25.0. The van der Waals surface area contributed by atoms with Gasteiger partial charge >= 0.3 is 0 Å². The highest BCUT2D eigenvalue weighted by atomic mass is 32.2. The van der Waals surface area contributed by atoms with Crippen LogP contribution in [0.25, 0.3) is 0 Å². The van der Waals surface area contributed by atoms with Crippen LogP contribution in [0.5, 0.6) is 0 Å². The van der Waals surface area contributed by atoms with Crippen molar-refractivity contribution in [3.8, 4) is 0 Å². The summed E-state index contributed by atoms with van der Waals surface area (Å²) in [5, 5.41) is 0.466. The lowest BCUT2D eigenvalue weighted by Gasteiger charge is -2.19. The monoisotopic (exact) mass is 704 g/mol. The molecule has 0 aliphatic rings. The second-order valence-corrected chi connectivity index (χ2v) is 21.6. The fourth-order valence-corrected chi connectivity index (χ4v) is 11.0. The lowest BCUT2D eigenvalue weighted by Crippen LogP contribution is -2.13. The smallest absolute Gasteiger partial charge is 0.0614 e. The molecule has 5 unspecified atom stereocenters. The highest BCUT2D eigenvalue weighted by Crippen LogP contribution is 2.31. The molecule has 14 heteroatoms. The molecule has 0 nitrogen and oxygen atoms in total. The Balaban J connectivity index is 0. The highest BCUT2D eigenvalue weighted by Gasteiger charge is 2.16. The van der Waals surface area contributed by atoms with Gasteiger partial charge in [-0.1, -0.05) is 13.8 Å². The van der Waals surface area contributed by atoms with Crippen LogP contribution >= 0.6 is 172 Å². The van der Waals surface area contributed by atoms with Gasteiger partial charge in [0.1, 0.15) is 0 Å². The molecular formula is C18H40S14. The van der Waals surface area contributed by atoms with E-state index in [1.54, 1.807) is 11.8 Å². The summed E-state index contributed by atoms with van der Waals surface area (Å²) in [7, 11) is 0. The highest BCUT2D eigenvalue weighted by molar-refractivity contribution is 8.19. The maximum atomic E-state index is 4.56. The summed E-state index contributed by atoms with van der Waals surface area (Å²) in [5.74, 6) is 9.44. The molecule has 5 atom stereocenters. The van der Waals surface area contributed by atoms with E-state index >= 15 is 0 Å². The van der Waals surface area contributed by atoms with Gasteiger partial charge in [-0.3, -0.25) is 0 Å². The minimum atomic E-state index is -0.214. The number of hydrogen-bond donors (Lipinski definition) is 8. The largest absolute Gasteiger partial charge is 0.179 e. The van der Waals surface area contributed by atoms with Crippen molar-refractivity contribution >= 4 is 172 Å². The Morgan fingerprint density at radius 2 is 1.25 bits per heavy atom. The van der Waals surface area contributed by atoms with Crippen molar-refractivity contribution in [2.45, 2.75) is 48.4 Å². The summed E-state index contributed by atoms with van der Waals surface area (Å²) in [6, 6.07) is 0. The molecule has 0 aromatic heterocycles. The maximum Gasteiger partial charge on any atom is 0.0614 e. The van der Waals surface area contributed by atoms with Crippen molar-refractivity contribution in [3.05, 3.63) is 0 Å². The van der Waals surface area contributed by atoms with Crippen LogP contribution < -0.4 is 0 Å². The van der Waals surface area contributed by atoms with E-state index in [1.165, 1.54) is 0 Å². The van der Waals surface area contributed by atoms with E-state index in [0.717, 1.165) is 51.8 Å². The van der Waals surface area contributed by atoms with E-state index < -0.39 is 0 Å². The molecule has 0 heterocycles. The van der Waals surface area contributed by atoms with E-state index in [0.29, 0.717) is 23.6 Å². The third-order valence-electron chi connectivity index (χ3n) is 2.87. The first kappa shape index (κ1) is 39.0. The summed E-state index contributed by atoms with van der Waals surface area (Å²) in [4.78, 5) is 0. The molecule has 0 N–H and O–H groups in total. The Labute approximate surface area is 268 Å². The molecule has 0 bridgehead atoms. The fraction of sp³-hybridized carbons (Fsp3) is 1.00. The molecule has 0 aromatic carbocycles. The van der Waals surface area contributed by atoms with Crippen molar-refractivity contribution in [2.75, 3.05) is 51.8 Å². The molecule has 0 saturated carbocycles. The summed E-state index contributed by atoms with van der Waals surface area (Å²) in [6.07, 6.45) is 0. The Hall–Kier alpha value is 4.90. The van der Waals surface area contributed by atoms with Gasteiger partial charge in [0.15, 0.2) is 0 Å². The first-order chi connectivity index (χ1) is 14.9. The van der Waals surface area contributed by atoms with Crippen LogP contribution in [0, 0.1) is 0 Å². The molecule has 0 fully saturated rings. The van der Waals surface area contributed by atoms with Gasteiger partial charge in [-0.2, -0.15) is 136 Å². The van der Waals surface area contributed by atoms with Crippen LogP contribution in [0.2, 0.25) is 0 Å². The first-order valence-electron chi connectivity index (χ1n) is 9.99. The quantitative estimate of drug-likeness (QED) is 0.0385. The molecule has 196 valence electrons. The van der Waals surface area contributed by atoms with Crippen molar-refractivity contribution in [2.24, 2.45) is 0 Å². The van der Waals surface area contributed by atoms with Gasteiger partial charge in [-0.25, -0.2) is 0 Å². The molecule has 0 aliphatic heterocycles. The summed E-state index contributed by atoms with van der Waals surface area (Å²) >= 11 is 46.7. The number of rotatable bonds is 19. The van der Waals surface area contributed by atoms with Crippen molar-refractivity contribution in [3.63, 3.8) is 0 Å². The van der Waals surface area contributed by atoms with E-state index in [-0.39, 0.29) is 4.08 Å². The molecular weight excluding hydrogens is 665 g/mol. The van der Waals surface area contributed by atoms with Crippen LogP contribution in [0.3, 0.4) is 0 Å². The van der Waals surface area contributed by atoms with E-state index in [9.17, 15) is 0 Å². The zero-order valence-electron chi connectivity index (χ0n) is 18.8. The van der Waals surface area contributed by atoms with E-state index in [2.05, 4.69) is 115 Å².